The van der Waals surface area contributed by atoms with E-state index in [0.717, 1.165) is 4.90 Å². The molecule has 0 spiro atoms. The van der Waals surface area contributed by atoms with Crippen LogP contribution < -0.4 is 10.2 Å². The first-order valence-corrected chi connectivity index (χ1v) is 11.4. The molecule has 2 saturated heterocycles. The van der Waals surface area contributed by atoms with Crippen molar-refractivity contribution in [3.8, 4) is 0 Å². The number of ether oxygens (including phenoxy) is 1. The molecule has 2 fully saturated rings. The smallest absolute Gasteiger partial charge is 0.331 e. The van der Waals surface area contributed by atoms with Gasteiger partial charge in [0.15, 0.2) is 5.54 Å². The van der Waals surface area contributed by atoms with Gasteiger partial charge in [0.1, 0.15) is 0 Å². The zero-order chi connectivity index (χ0) is 24.0. The van der Waals surface area contributed by atoms with E-state index >= 15 is 0 Å². The van der Waals surface area contributed by atoms with Crippen molar-refractivity contribution in [2.75, 3.05) is 12.0 Å². The summed E-state index contributed by atoms with van der Waals surface area (Å²) in [6.45, 7) is 0. The number of rotatable bonds is 4. The Balaban J connectivity index is 1.73. The van der Waals surface area contributed by atoms with Crippen molar-refractivity contribution in [1.29, 1.82) is 0 Å². The lowest BCUT2D eigenvalue weighted by Gasteiger charge is -2.33. The average Bonchev–Trinajstić information content (AvgIpc) is 3.34. The Bertz CT molecular complexity index is 1280. The molecule has 3 aromatic carbocycles. The second kappa shape index (κ2) is 8.55. The van der Waals surface area contributed by atoms with Crippen molar-refractivity contribution < 1.29 is 19.1 Å². The summed E-state index contributed by atoms with van der Waals surface area (Å²) < 4.78 is 5.22. The number of nitrogens with one attached hydrogen (secondary N) is 1. The summed E-state index contributed by atoms with van der Waals surface area (Å²) >= 11 is 12.3. The first-order valence-electron chi connectivity index (χ1n) is 10.7. The van der Waals surface area contributed by atoms with E-state index in [1.165, 1.54) is 7.11 Å². The molecule has 1 N–H and O–H groups in total. The summed E-state index contributed by atoms with van der Waals surface area (Å²) in [5, 5.41) is 4.30. The number of esters is 1. The van der Waals surface area contributed by atoms with Crippen LogP contribution in [0.2, 0.25) is 10.0 Å². The fourth-order valence-electron chi connectivity index (χ4n) is 5.17. The number of hydrogen-bond acceptors (Lipinski definition) is 5. The van der Waals surface area contributed by atoms with Crippen LogP contribution in [0.1, 0.15) is 17.2 Å². The van der Waals surface area contributed by atoms with Gasteiger partial charge in [0.25, 0.3) is 0 Å². The van der Waals surface area contributed by atoms with Gasteiger partial charge in [-0.05, 0) is 47.5 Å². The normalized spacial score (nSPS) is 26.0. The molecule has 3 aromatic rings. The number of nitrogens with zero attached hydrogens (tertiary/aromatic N) is 1. The van der Waals surface area contributed by atoms with Gasteiger partial charge in [0.2, 0.25) is 11.8 Å². The Morgan fingerprint density at radius 2 is 1.62 bits per heavy atom. The number of carbonyl (C=O) groups excluding carboxylic acids is 3. The van der Waals surface area contributed by atoms with Crippen LogP contribution in [0.5, 0.6) is 0 Å². The highest BCUT2D eigenvalue weighted by atomic mass is 35.5. The number of benzene rings is 3. The number of fused-ring (bicyclic) bond motifs is 1. The van der Waals surface area contributed by atoms with Crippen molar-refractivity contribution in [1.82, 2.24) is 5.32 Å². The van der Waals surface area contributed by atoms with E-state index in [-0.39, 0.29) is 0 Å². The number of methoxy groups -OCH3 is 1. The quantitative estimate of drug-likeness (QED) is 0.426. The number of anilines is 1. The van der Waals surface area contributed by atoms with Gasteiger partial charge in [-0.1, -0.05) is 65.7 Å². The van der Waals surface area contributed by atoms with Crippen LogP contribution in [-0.4, -0.2) is 24.9 Å². The Morgan fingerprint density at radius 1 is 0.912 bits per heavy atom. The van der Waals surface area contributed by atoms with Crippen molar-refractivity contribution in [3.05, 3.63) is 100 Å². The van der Waals surface area contributed by atoms with Gasteiger partial charge >= 0.3 is 5.97 Å². The fourth-order valence-corrected chi connectivity index (χ4v) is 5.50. The average molecular weight is 495 g/mol. The summed E-state index contributed by atoms with van der Waals surface area (Å²) in [7, 11) is 1.27. The highest BCUT2D eigenvalue weighted by molar-refractivity contribution is 6.31. The summed E-state index contributed by atoms with van der Waals surface area (Å²) in [5.41, 5.74) is 0.0657. The summed E-state index contributed by atoms with van der Waals surface area (Å²) in [6, 6.07) is 21.7. The third-order valence-corrected chi connectivity index (χ3v) is 7.08. The molecule has 5 rings (SSSR count). The van der Waals surface area contributed by atoms with Crippen LogP contribution in [-0.2, 0) is 24.7 Å². The largest absolute Gasteiger partial charge is 0.467 e. The highest BCUT2D eigenvalue weighted by Gasteiger charge is 2.69. The molecule has 2 heterocycles. The molecule has 0 aliphatic carbocycles. The van der Waals surface area contributed by atoms with E-state index in [9.17, 15) is 14.4 Å². The van der Waals surface area contributed by atoms with Crippen LogP contribution >= 0.6 is 23.2 Å². The molecule has 8 heteroatoms. The number of imide groups is 1. The minimum absolute atomic E-state index is 0.394. The lowest BCUT2D eigenvalue weighted by molar-refractivity contribution is -0.152. The summed E-state index contributed by atoms with van der Waals surface area (Å²) in [5.74, 6) is -3.42. The minimum atomic E-state index is -1.57. The maximum absolute atomic E-state index is 13.9. The standard InChI is InChI=1S/C26H20Cl2N2O4/c1-34-25(33)26(16-7-3-2-4-8-16)21-20(22(29-26)15-6-5-9-18(28)14-15)23(31)30(24(21)32)19-12-10-17(27)11-13-19/h2-14,20-22,29H,1H3/t20-,21-,22+,26+/m0/s1. The second-order valence-electron chi connectivity index (χ2n) is 8.33. The van der Waals surface area contributed by atoms with Crippen LogP contribution in [0.4, 0.5) is 5.69 Å². The van der Waals surface area contributed by atoms with Crippen molar-refractivity contribution >= 4 is 46.7 Å². The van der Waals surface area contributed by atoms with Crippen LogP contribution in [0.3, 0.4) is 0 Å². The van der Waals surface area contributed by atoms with Crippen LogP contribution in [0.25, 0.3) is 0 Å². The molecule has 0 bridgehead atoms. The Hall–Kier alpha value is -3.19. The van der Waals surface area contributed by atoms with Gasteiger partial charge in [0.05, 0.1) is 24.6 Å². The molecule has 0 saturated carbocycles. The maximum Gasteiger partial charge on any atom is 0.331 e. The Morgan fingerprint density at radius 3 is 2.26 bits per heavy atom. The third kappa shape index (κ3) is 3.33. The van der Waals surface area contributed by atoms with Gasteiger partial charge in [-0.25, -0.2) is 9.69 Å². The summed E-state index contributed by atoms with van der Waals surface area (Å²) in [4.78, 5) is 42.4. The highest BCUT2D eigenvalue weighted by Crippen LogP contribution is 2.54. The zero-order valence-corrected chi connectivity index (χ0v) is 19.6. The minimum Gasteiger partial charge on any atom is -0.467 e. The number of amides is 2. The molecular weight excluding hydrogens is 475 g/mol. The Labute approximate surface area is 206 Å². The molecule has 0 aromatic heterocycles. The third-order valence-electron chi connectivity index (χ3n) is 6.59. The molecule has 6 nitrogen and oxygen atoms in total. The molecule has 0 unspecified atom stereocenters. The van der Waals surface area contributed by atoms with Crippen LogP contribution in [0.15, 0.2) is 78.9 Å². The molecule has 0 radical (unpaired) electrons. The molecule has 4 atom stereocenters. The topological polar surface area (TPSA) is 75.7 Å². The molecule has 2 aliphatic rings. The second-order valence-corrected chi connectivity index (χ2v) is 9.21. The number of halogens is 2. The van der Waals surface area contributed by atoms with Crippen molar-refractivity contribution in [2.24, 2.45) is 11.8 Å². The lowest BCUT2D eigenvalue weighted by Crippen LogP contribution is -2.53. The van der Waals surface area contributed by atoms with E-state index in [2.05, 4.69) is 5.32 Å². The van der Waals surface area contributed by atoms with E-state index in [1.807, 2.05) is 12.1 Å². The molecule has 2 amide bonds. The molecular formula is C26H20Cl2N2O4. The maximum atomic E-state index is 13.9. The van der Waals surface area contributed by atoms with E-state index in [4.69, 9.17) is 27.9 Å². The predicted molar refractivity (Wildman–Crippen MR) is 128 cm³/mol. The van der Waals surface area contributed by atoms with Crippen molar-refractivity contribution in [3.63, 3.8) is 0 Å². The van der Waals surface area contributed by atoms with E-state index in [0.29, 0.717) is 26.9 Å². The lowest BCUT2D eigenvalue weighted by atomic mass is 9.75. The Kier molecular flexibility index (Phi) is 5.68. The van der Waals surface area contributed by atoms with Gasteiger partial charge in [0, 0.05) is 16.1 Å². The van der Waals surface area contributed by atoms with E-state index in [1.54, 1.807) is 66.7 Å². The number of hydrogen-bond donors (Lipinski definition) is 1. The monoisotopic (exact) mass is 494 g/mol. The van der Waals surface area contributed by atoms with Gasteiger partial charge in [-0.15, -0.1) is 0 Å². The van der Waals surface area contributed by atoms with Crippen molar-refractivity contribution in [2.45, 2.75) is 11.6 Å². The number of carbonyl (C=O) groups is 3. The zero-order valence-electron chi connectivity index (χ0n) is 18.1. The van der Waals surface area contributed by atoms with Gasteiger partial charge in [-0.3, -0.25) is 14.9 Å². The molecule has 172 valence electrons. The first-order chi connectivity index (χ1) is 16.4. The van der Waals surface area contributed by atoms with Gasteiger partial charge < -0.3 is 4.74 Å². The molecule has 2 aliphatic heterocycles. The van der Waals surface area contributed by atoms with Crippen LogP contribution in [0, 0.1) is 11.8 Å². The molecule has 34 heavy (non-hydrogen) atoms. The first kappa shape index (κ1) is 22.6. The van der Waals surface area contributed by atoms with E-state index < -0.39 is 41.2 Å². The summed E-state index contributed by atoms with van der Waals surface area (Å²) in [6.07, 6.45) is 0. The SMILES string of the molecule is COC(=O)[C@]1(c2ccccc2)N[C@H](c2cccc(Cl)c2)[C@H]2C(=O)N(c3ccc(Cl)cc3)C(=O)[C@H]21. The van der Waals surface area contributed by atoms with Gasteiger partial charge in [-0.2, -0.15) is 0 Å². The predicted octanol–water partition coefficient (Wildman–Crippen LogP) is 4.51. The fraction of sp³-hybridized carbons (Fsp3) is 0.192.